The van der Waals surface area contributed by atoms with E-state index in [0.29, 0.717) is 22.9 Å². The van der Waals surface area contributed by atoms with Gasteiger partial charge in [-0.2, -0.15) is 0 Å². The summed E-state index contributed by atoms with van der Waals surface area (Å²) in [4.78, 5) is 28.1. The molecule has 0 radical (unpaired) electrons. The summed E-state index contributed by atoms with van der Waals surface area (Å²) in [5.41, 5.74) is 0.711. The highest BCUT2D eigenvalue weighted by Gasteiger charge is 2.33. The molecule has 0 aliphatic rings. The summed E-state index contributed by atoms with van der Waals surface area (Å²) in [5.74, 6) is -1.12. The van der Waals surface area contributed by atoms with E-state index in [4.69, 9.17) is 21.1 Å². The lowest BCUT2D eigenvalue weighted by molar-refractivity contribution is -0.139. The van der Waals surface area contributed by atoms with E-state index in [9.17, 15) is 22.4 Å². The second kappa shape index (κ2) is 14.9. The predicted octanol–water partition coefficient (Wildman–Crippen LogP) is 5.03. The molecule has 0 saturated heterocycles. The third-order valence-corrected chi connectivity index (χ3v) is 8.58. The number of halogens is 2. The van der Waals surface area contributed by atoms with Crippen LogP contribution in [0.5, 0.6) is 11.5 Å². The average molecular weight is 620 g/mol. The summed E-state index contributed by atoms with van der Waals surface area (Å²) in [7, 11) is -1.60. The maximum atomic E-state index is 14.0. The van der Waals surface area contributed by atoms with Gasteiger partial charge < -0.3 is 19.7 Å². The van der Waals surface area contributed by atoms with Crippen molar-refractivity contribution in [3.63, 3.8) is 0 Å². The highest BCUT2D eigenvalue weighted by Crippen LogP contribution is 2.32. The van der Waals surface area contributed by atoms with Crippen molar-refractivity contribution in [1.82, 2.24) is 10.2 Å². The SMILES string of the molecule is CCCCNC(=O)[C@@H](C)N(Cc1cccc(Cl)c1)C(=O)CN(c1ccc(F)cc1)S(=O)(=O)c1ccc(OC)c(OC)c1. The number of hydrogen-bond donors (Lipinski definition) is 1. The maximum Gasteiger partial charge on any atom is 0.264 e. The van der Waals surface area contributed by atoms with Gasteiger partial charge in [0.1, 0.15) is 18.4 Å². The molecule has 1 N–H and O–H groups in total. The Kier molecular flexibility index (Phi) is 11.6. The van der Waals surface area contributed by atoms with Gasteiger partial charge in [-0.05, 0) is 67.4 Å². The van der Waals surface area contributed by atoms with Crippen molar-refractivity contribution in [2.75, 3.05) is 31.6 Å². The lowest BCUT2D eigenvalue weighted by Gasteiger charge is -2.32. The molecule has 42 heavy (non-hydrogen) atoms. The number of anilines is 1. The number of methoxy groups -OCH3 is 2. The zero-order valence-electron chi connectivity index (χ0n) is 24.0. The molecule has 0 aliphatic carbocycles. The van der Waals surface area contributed by atoms with Crippen molar-refractivity contribution in [3.05, 3.63) is 83.1 Å². The number of benzene rings is 3. The van der Waals surface area contributed by atoms with E-state index in [2.05, 4.69) is 5.32 Å². The van der Waals surface area contributed by atoms with Crippen LogP contribution in [0.2, 0.25) is 5.02 Å². The zero-order chi connectivity index (χ0) is 30.9. The summed E-state index contributed by atoms with van der Waals surface area (Å²) in [6.45, 7) is 3.33. The van der Waals surface area contributed by atoms with Crippen molar-refractivity contribution in [3.8, 4) is 11.5 Å². The third kappa shape index (κ3) is 8.13. The zero-order valence-corrected chi connectivity index (χ0v) is 25.5. The quantitative estimate of drug-likeness (QED) is 0.254. The number of hydrogen-bond acceptors (Lipinski definition) is 6. The van der Waals surface area contributed by atoms with Crippen molar-refractivity contribution >= 4 is 39.1 Å². The number of amides is 2. The number of nitrogens with zero attached hydrogens (tertiary/aromatic N) is 2. The molecule has 0 fully saturated rings. The Morgan fingerprint density at radius 1 is 1.00 bits per heavy atom. The third-order valence-electron chi connectivity index (χ3n) is 6.58. The van der Waals surface area contributed by atoms with Crippen LogP contribution in [-0.2, 0) is 26.2 Å². The van der Waals surface area contributed by atoms with Gasteiger partial charge in [0.2, 0.25) is 11.8 Å². The van der Waals surface area contributed by atoms with E-state index < -0.39 is 34.3 Å². The highest BCUT2D eigenvalue weighted by atomic mass is 35.5. The van der Waals surface area contributed by atoms with Crippen LogP contribution in [-0.4, -0.2) is 58.5 Å². The van der Waals surface area contributed by atoms with Crippen molar-refractivity contribution < 1.29 is 31.9 Å². The lowest BCUT2D eigenvalue weighted by Crippen LogP contribution is -2.51. The molecule has 226 valence electrons. The Hall–Kier alpha value is -3.83. The number of nitrogens with one attached hydrogen (secondary N) is 1. The molecule has 0 unspecified atom stereocenters. The summed E-state index contributed by atoms with van der Waals surface area (Å²) in [6, 6.07) is 14.7. The van der Waals surface area contributed by atoms with Gasteiger partial charge in [0, 0.05) is 24.2 Å². The van der Waals surface area contributed by atoms with Gasteiger partial charge in [0.05, 0.1) is 24.8 Å². The molecule has 0 aliphatic heterocycles. The maximum absolute atomic E-state index is 14.0. The molecule has 0 aromatic heterocycles. The largest absolute Gasteiger partial charge is 0.493 e. The average Bonchev–Trinajstić information content (AvgIpc) is 2.98. The fourth-order valence-electron chi connectivity index (χ4n) is 4.19. The normalized spacial score (nSPS) is 11.9. The van der Waals surface area contributed by atoms with E-state index in [-0.39, 0.29) is 28.8 Å². The fourth-order valence-corrected chi connectivity index (χ4v) is 5.83. The van der Waals surface area contributed by atoms with E-state index >= 15 is 0 Å². The molecule has 1 atom stereocenters. The van der Waals surface area contributed by atoms with Crippen molar-refractivity contribution in [1.29, 1.82) is 0 Å². The Morgan fingerprint density at radius 2 is 1.69 bits per heavy atom. The molecule has 0 heterocycles. The summed E-state index contributed by atoms with van der Waals surface area (Å²) >= 11 is 6.17. The van der Waals surface area contributed by atoms with E-state index in [1.807, 2.05) is 6.92 Å². The van der Waals surface area contributed by atoms with E-state index in [1.54, 1.807) is 31.2 Å². The number of sulfonamides is 1. The molecular weight excluding hydrogens is 585 g/mol. The molecule has 3 aromatic rings. The first kappa shape index (κ1) is 32.7. The van der Waals surface area contributed by atoms with Crippen LogP contribution in [0.15, 0.2) is 71.6 Å². The lowest BCUT2D eigenvalue weighted by atomic mass is 10.1. The summed E-state index contributed by atoms with van der Waals surface area (Å²) in [5, 5.41) is 3.28. The molecule has 9 nitrogen and oxygen atoms in total. The second-order valence-electron chi connectivity index (χ2n) is 9.48. The monoisotopic (exact) mass is 619 g/mol. The molecule has 0 spiro atoms. The number of unbranched alkanes of at least 4 members (excludes halogenated alkanes) is 1. The van der Waals surface area contributed by atoms with E-state index in [1.165, 1.54) is 49.5 Å². The molecule has 12 heteroatoms. The summed E-state index contributed by atoms with van der Waals surface area (Å²) < 4.78 is 53.2. The van der Waals surface area contributed by atoms with Crippen LogP contribution >= 0.6 is 11.6 Å². The van der Waals surface area contributed by atoms with Gasteiger partial charge in [-0.3, -0.25) is 13.9 Å². The smallest absolute Gasteiger partial charge is 0.264 e. The number of carbonyl (C=O) groups is 2. The van der Waals surface area contributed by atoms with E-state index in [0.717, 1.165) is 29.3 Å². The van der Waals surface area contributed by atoms with Crippen LogP contribution < -0.4 is 19.1 Å². The molecule has 2 amide bonds. The summed E-state index contributed by atoms with van der Waals surface area (Å²) in [6.07, 6.45) is 1.64. The fraction of sp³-hybridized carbons (Fsp3) is 0.333. The Morgan fingerprint density at radius 3 is 2.31 bits per heavy atom. The Bertz CT molecular complexity index is 1490. The molecule has 3 aromatic carbocycles. The first-order valence-electron chi connectivity index (χ1n) is 13.3. The van der Waals surface area contributed by atoms with Crippen LogP contribution in [0.25, 0.3) is 0 Å². The van der Waals surface area contributed by atoms with Crippen LogP contribution in [0, 0.1) is 5.82 Å². The second-order valence-corrected chi connectivity index (χ2v) is 11.8. The minimum atomic E-state index is -4.39. The first-order valence-corrected chi connectivity index (χ1v) is 15.2. The van der Waals surface area contributed by atoms with Crippen molar-refractivity contribution in [2.24, 2.45) is 0 Å². The van der Waals surface area contributed by atoms with Gasteiger partial charge in [0.15, 0.2) is 11.5 Å². The number of rotatable bonds is 14. The van der Waals surface area contributed by atoms with Gasteiger partial charge in [-0.1, -0.05) is 37.1 Å². The molecule has 3 rings (SSSR count). The predicted molar refractivity (Wildman–Crippen MR) is 160 cm³/mol. The molecular formula is C30H35ClFN3O6S. The van der Waals surface area contributed by atoms with Crippen LogP contribution in [0.4, 0.5) is 10.1 Å². The van der Waals surface area contributed by atoms with Gasteiger partial charge >= 0.3 is 0 Å². The molecule has 0 bridgehead atoms. The minimum absolute atomic E-state index is 0.00454. The topological polar surface area (TPSA) is 105 Å². The highest BCUT2D eigenvalue weighted by molar-refractivity contribution is 7.92. The van der Waals surface area contributed by atoms with Crippen LogP contribution in [0.3, 0.4) is 0 Å². The van der Waals surface area contributed by atoms with Crippen LogP contribution in [0.1, 0.15) is 32.3 Å². The molecule has 0 saturated carbocycles. The minimum Gasteiger partial charge on any atom is -0.493 e. The van der Waals surface area contributed by atoms with Gasteiger partial charge in [-0.15, -0.1) is 0 Å². The Balaban J connectivity index is 2.04. The standard InChI is InChI=1S/C30H35ClFN3O6S/c1-5-6-16-33-30(37)21(2)34(19-22-8-7-9-23(31)17-22)29(36)20-35(25-12-10-24(32)11-13-25)42(38,39)26-14-15-27(40-3)28(18-26)41-4/h7-15,17-18,21H,5-6,16,19-20H2,1-4H3,(H,33,37)/t21-/m1/s1. The Labute approximate surface area is 251 Å². The first-order chi connectivity index (χ1) is 20.0. The van der Waals surface area contributed by atoms with Gasteiger partial charge in [-0.25, -0.2) is 12.8 Å². The van der Waals surface area contributed by atoms with Crippen molar-refractivity contribution in [2.45, 2.75) is 44.2 Å². The number of ether oxygens (including phenoxy) is 2. The number of carbonyl (C=O) groups excluding carboxylic acids is 2. The van der Waals surface area contributed by atoms with Gasteiger partial charge in [0.25, 0.3) is 10.0 Å².